The molecule has 0 aromatic carbocycles. The van der Waals surface area contributed by atoms with E-state index in [9.17, 15) is 4.79 Å². The number of alkyl halides is 1. The molecule has 16 heavy (non-hydrogen) atoms. The average Bonchev–Trinajstić information content (AvgIpc) is 2.60. The highest BCUT2D eigenvalue weighted by Gasteiger charge is 2.16. The van der Waals surface area contributed by atoms with Crippen LogP contribution in [0.1, 0.15) is 33.5 Å². The normalized spacial score (nSPS) is 10.5. The van der Waals surface area contributed by atoms with E-state index in [2.05, 4.69) is 0 Å². The summed E-state index contributed by atoms with van der Waals surface area (Å²) >= 11 is 7.22. The lowest BCUT2D eigenvalue weighted by Crippen LogP contribution is -2.31. The summed E-state index contributed by atoms with van der Waals surface area (Å²) in [7, 11) is 0. The van der Waals surface area contributed by atoms with Crippen LogP contribution in [0.4, 0.5) is 0 Å². The van der Waals surface area contributed by atoms with E-state index in [1.165, 1.54) is 10.4 Å². The number of halogens is 1. The number of thiophene rings is 1. The highest BCUT2D eigenvalue weighted by molar-refractivity contribution is 7.14. The summed E-state index contributed by atoms with van der Waals surface area (Å²) in [5.74, 6) is 0.737. The predicted octanol–water partition coefficient (Wildman–Crippen LogP) is 3.46. The fraction of sp³-hybridized carbons (Fsp3) is 0.583. The first-order valence-corrected chi connectivity index (χ1v) is 6.87. The Morgan fingerprint density at radius 1 is 1.50 bits per heavy atom. The molecule has 0 radical (unpaired) electrons. The predicted molar refractivity (Wildman–Crippen MR) is 70.7 cm³/mol. The molecule has 1 heterocycles. The van der Waals surface area contributed by atoms with E-state index in [4.69, 9.17) is 11.6 Å². The minimum absolute atomic E-state index is 0.133. The third kappa shape index (κ3) is 3.22. The molecular formula is C12H18ClNOS. The maximum atomic E-state index is 12.1. The number of hydrogen-bond acceptors (Lipinski definition) is 2. The first kappa shape index (κ1) is 13.5. The number of rotatable bonds is 5. The van der Waals surface area contributed by atoms with Gasteiger partial charge in [-0.1, -0.05) is 0 Å². The minimum atomic E-state index is 0.133. The first-order chi connectivity index (χ1) is 7.60. The molecule has 1 amide bonds. The number of amides is 1. The number of aryl methyl sites for hydroxylation is 2. The van der Waals surface area contributed by atoms with E-state index in [1.54, 1.807) is 11.3 Å². The highest BCUT2D eigenvalue weighted by Crippen LogP contribution is 2.22. The summed E-state index contributed by atoms with van der Waals surface area (Å²) in [6.45, 7) is 7.57. The summed E-state index contributed by atoms with van der Waals surface area (Å²) in [5, 5.41) is 0. The molecule has 0 saturated heterocycles. The fourth-order valence-corrected chi connectivity index (χ4v) is 2.61. The van der Waals surface area contributed by atoms with Crippen molar-refractivity contribution in [1.82, 2.24) is 4.90 Å². The van der Waals surface area contributed by atoms with E-state index >= 15 is 0 Å². The Morgan fingerprint density at radius 2 is 2.19 bits per heavy atom. The van der Waals surface area contributed by atoms with Crippen LogP contribution in [0, 0.1) is 13.8 Å². The van der Waals surface area contributed by atoms with Gasteiger partial charge in [-0.2, -0.15) is 0 Å². The van der Waals surface area contributed by atoms with Crippen molar-refractivity contribution in [3.05, 3.63) is 21.4 Å². The van der Waals surface area contributed by atoms with E-state index < -0.39 is 0 Å². The van der Waals surface area contributed by atoms with Gasteiger partial charge in [-0.05, 0) is 38.8 Å². The van der Waals surface area contributed by atoms with Gasteiger partial charge >= 0.3 is 0 Å². The molecule has 0 aliphatic carbocycles. The number of carbonyl (C=O) groups is 1. The second kappa shape index (κ2) is 6.26. The Morgan fingerprint density at radius 3 is 2.62 bits per heavy atom. The maximum Gasteiger partial charge on any atom is 0.263 e. The van der Waals surface area contributed by atoms with Gasteiger partial charge in [-0.25, -0.2) is 0 Å². The van der Waals surface area contributed by atoms with Crippen molar-refractivity contribution in [1.29, 1.82) is 0 Å². The third-order valence-corrected chi connectivity index (χ3v) is 4.02. The van der Waals surface area contributed by atoms with Crippen LogP contribution in [0.3, 0.4) is 0 Å². The standard InChI is InChI=1S/C12H18ClNOS/c1-4-14(7-5-6-13)12(15)11-8-9(2)10(3)16-11/h8H,4-7H2,1-3H3. The summed E-state index contributed by atoms with van der Waals surface area (Å²) in [6, 6.07) is 1.98. The quantitative estimate of drug-likeness (QED) is 0.742. The molecule has 1 rings (SSSR count). The largest absolute Gasteiger partial charge is 0.338 e. The van der Waals surface area contributed by atoms with Gasteiger partial charge in [0.2, 0.25) is 0 Å². The van der Waals surface area contributed by atoms with Crippen LogP contribution >= 0.6 is 22.9 Å². The zero-order valence-corrected chi connectivity index (χ0v) is 11.6. The average molecular weight is 260 g/mol. The van der Waals surface area contributed by atoms with Gasteiger partial charge in [0, 0.05) is 23.8 Å². The SMILES string of the molecule is CCN(CCCCl)C(=O)c1cc(C)c(C)s1. The molecule has 0 fully saturated rings. The molecule has 0 spiro atoms. The van der Waals surface area contributed by atoms with Crippen molar-refractivity contribution < 1.29 is 4.79 Å². The van der Waals surface area contributed by atoms with E-state index in [0.29, 0.717) is 5.88 Å². The molecule has 0 unspecified atom stereocenters. The Kier molecular flexibility index (Phi) is 5.29. The fourth-order valence-electron chi connectivity index (χ4n) is 1.49. The van der Waals surface area contributed by atoms with E-state index in [0.717, 1.165) is 24.4 Å². The number of hydrogen-bond donors (Lipinski definition) is 0. The lowest BCUT2D eigenvalue weighted by Gasteiger charge is -2.19. The summed E-state index contributed by atoms with van der Waals surface area (Å²) in [6.07, 6.45) is 0.852. The van der Waals surface area contributed by atoms with Crippen LogP contribution < -0.4 is 0 Å². The Labute approximate surface area is 106 Å². The Balaban J connectivity index is 2.74. The van der Waals surface area contributed by atoms with Gasteiger partial charge in [0.25, 0.3) is 5.91 Å². The zero-order valence-electron chi connectivity index (χ0n) is 10.0. The minimum Gasteiger partial charge on any atom is -0.338 e. The van der Waals surface area contributed by atoms with Gasteiger partial charge < -0.3 is 4.90 Å². The van der Waals surface area contributed by atoms with Crippen LogP contribution in [0.15, 0.2) is 6.07 Å². The Bertz CT molecular complexity index is 342. The molecular weight excluding hydrogens is 242 g/mol. The molecule has 0 N–H and O–H groups in total. The summed E-state index contributed by atoms with van der Waals surface area (Å²) < 4.78 is 0. The topological polar surface area (TPSA) is 20.3 Å². The molecule has 0 aliphatic rings. The zero-order chi connectivity index (χ0) is 12.1. The highest BCUT2D eigenvalue weighted by atomic mass is 35.5. The molecule has 0 atom stereocenters. The molecule has 0 bridgehead atoms. The van der Waals surface area contributed by atoms with Crippen LogP contribution in [0.25, 0.3) is 0 Å². The summed E-state index contributed by atoms with van der Waals surface area (Å²) in [5.41, 5.74) is 1.20. The first-order valence-electron chi connectivity index (χ1n) is 5.52. The van der Waals surface area contributed by atoms with Crippen LogP contribution in [-0.4, -0.2) is 29.8 Å². The molecule has 2 nitrogen and oxygen atoms in total. The Hall–Kier alpha value is -0.540. The monoisotopic (exact) mass is 259 g/mol. The van der Waals surface area contributed by atoms with Crippen molar-refractivity contribution >= 4 is 28.8 Å². The second-order valence-corrected chi connectivity index (χ2v) is 5.41. The molecule has 90 valence electrons. The molecule has 1 aromatic heterocycles. The molecule has 0 aliphatic heterocycles. The molecule has 1 aromatic rings. The number of nitrogens with zero attached hydrogens (tertiary/aromatic N) is 1. The van der Waals surface area contributed by atoms with Gasteiger partial charge in [0.1, 0.15) is 0 Å². The van der Waals surface area contributed by atoms with Crippen molar-refractivity contribution in [2.75, 3.05) is 19.0 Å². The molecule has 4 heteroatoms. The van der Waals surface area contributed by atoms with Crippen LogP contribution in [0.5, 0.6) is 0 Å². The lowest BCUT2D eigenvalue weighted by atomic mass is 10.2. The smallest absolute Gasteiger partial charge is 0.263 e. The van der Waals surface area contributed by atoms with E-state index in [-0.39, 0.29) is 5.91 Å². The number of carbonyl (C=O) groups excluding carboxylic acids is 1. The van der Waals surface area contributed by atoms with Crippen molar-refractivity contribution in [2.45, 2.75) is 27.2 Å². The van der Waals surface area contributed by atoms with Crippen molar-refractivity contribution in [3.63, 3.8) is 0 Å². The second-order valence-electron chi connectivity index (χ2n) is 3.78. The third-order valence-electron chi connectivity index (χ3n) is 2.61. The van der Waals surface area contributed by atoms with Crippen LogP contribution in [0.2, 0.25) is 0 Å². The van der Waals surface area contributed by atoms with Gasteiger partial charge in [0.15, 0.2) is 0 Å². The maximum absolute atomic E-state index is 12.1. The van der Waals surface area contributed by atoms with Crippen molar-refractivity contribution in [2.24, 2.45) is 0 Å². The van der Waals surface area contributed by atoms with Gasteiger partial charge in [-0.15, -0.1) is 22.9 Å². The summed E-state index contributed by atoms with van der Waals surface area (Å²) in [4.78, 5) is 16.1. The lowest BCUT2D eigenvalue weighted by molar-refractivity contribution is 0.0769. The van der Waals surface area contributed by atoms with E-state index in [1.807, 2.05) is 31.7 Å². The van der Waals surface area contributed by atoms with Crippen molar-refractivity contribution in [3.8, 4) is 0 Å². The molecule has 0 saturated carbocycles. The van der Waals surface area contributed by atoms with Gasteiger partial charge in [-0.3, -0.25) is 4.79 Å². The van der Waals surface area contributed by atoms with Gasteiger partial charge in [0.05, 0.1) is 4.88 Å². The van der Waals surface area contributed by atoms with Crippen LogP contribution in [-0.2, 0) is 0 Å².